The molecule has 0 radical (unpaired) electrons. The highest BCUT2D eigenvalue weighted by Gasteiger charge is 2.31. The van der Waals surface area contributed by atoms with Crippen LogP contribution in [0.3, 0.4) is 0 Å². The highest BCUT2D eigenvalue weighted by atomic mass is 16.6. The van der Waals surface area contributed by atoms with Crippen molar-refractivity contribution in [3.63, 3.8) is 0 Å². The molecule has 1 heterocycles. The highest BCUT2D eigenvalue weighted by molar-refractivity contribution is 6.08. The van der Waals surface area contributed by atoms with Crippen molar-refractivity contribution >= 4 is 34.7 Å². The van der Waals surface area contributed by atoms with Gasteiger partial charge in [-0.05, 0) is 49.9 Å². The molecule has 0 bridgehead atoms. The Bertz CT molecular complexity index is 2330. The average Bonchev–Trinajstić information content (AvgIpc) is 1.19. The van der Waals surface area contributed by atoms with E-state index in [2.05, 4.69) is 27.7 Å². The number of phenols is 1. The summed E-state index contributed by atoms with van der Waals surface area (Å²) < 4.78 is 25.1. The van der Waals surface area contributed by atoms with Crippen LogP contribution in [0.1, 0.15) is 398 Å². The largest absolute Gasteiger partial charge is 0.508 e. The van der Waals surface area contributed by atoms with Crippen LogP contribution in [0.2, 0.25) is 0 Å². The van der Waals surface area contributed by atoms with Gasteiger partial charge in [-0.3, -0.25) is 24.0 Å². The van der Waals surface area contributed by atoms with Gasteiger partial charge in [0.15, 0.2) is 17.3 Å². The summed E-state index contributed by atoms with van der Waals surface area (Å²) in [6.07, 6.45) is 60.3. The van der Waals surface area contributed by atoms with Gasteiger partial charge in [-0.15, -0.1) is 0 Å². The summed E-state index contributed by atoms with van der Waals surface area (Å²) >= 11 is 0. The van der Waals surface area contributed by atoms with Gasteiger partial charge in [-0.1, -0.05) is 336 Å². The molecule has 10 nitrogen and oxygen atoms in total. The molecular formula is C79H130O10. The van der Waals surface area contributed by atoms with E-state index in [1.165, 1.54) is 237 Å². The van der Waals surface area contributed by atoms with Crippen LogP contribution in [0.25, 0.3) is 22.3 Å². The van der Waals surface area contributed by atoms with E-state index in [9.17, 15) is 24.3 Å². The summed E-state index contributed by atoms with van der Waals surface area (Å²) in [5, 5.41) is 10.1. The first-order valence-electron chi connectivity index (χ1n) is 37.8. The summed E-state index contributed by atoms with van der Waals surface area (Å²) in [7, 11) is 0. The number of hydrogen-bond acceptors (Lipinski definition) is 10. The SMILES string of the molecule is CCCCCCCCCCCCCCCC(=O)Oc1cc2oc(-c3ccc(O)cc3)c(OC(=O)CCCCCCCCCCCCCCC)c(=O)c2c(OC(=O)CCCCCCCCCCCCCCC)c1C(=O)CCCCCCCCCCCCCCC. The molecular weight excluding hydrogens is 1110 g/mol. The summed E-state index contributed by atoms with van der Waals surface area (Å²) in [6, 6.07) is 7.41. The van der Waals surface area contributed by atoms with E-state index in [1.807, 2.05) is 0 Å². The minimum atomic E-state index is -0.795. The molecule has 2 aromatic carbocycles. The predicted octanol–water partition coefficient (Wildman–Crippen LogP) is 25.0. The van der Waals surface area contributed by atoms with Gasteiger partial charge in [-0.2, -0.15) is 0 Å². The smallest absolute Gasteiger partial charge is 0.311 e. The lowest BCUT2D eigenvalue weighted by Crippen LogP contribution is -2.20. The first-order valence-corrected chi connectivity index (χ1v) is 37.8. The highest BCUT2D eigenvalue weighted by Crippen LogP contribution is 2.42. The van der Waals surface area contributed by atoms with E-state index in [1.54, 1.807) is 12.1 Å². The van der Waals surface area contributed by atoms with Gasteiger partial charge in [0.2, 0.25) is 11.2 Å². The Labute approximate surface area is 542 Å². The first-order chi connectivity index (χ1) is 43.6. The number of carbonyl (C=O) groups excluding carboxylic acids is 4. The number of benzene rings is 2. The maximum Gasteiger partial charge on any atom is 0.311 e. The van der Waals surface area contributed by atoms with Gasteiger partial charge >= 0.3 is 17.9 Å². The van der Waals surface area contributed by atoms with Crippen molar-refractivity contribution in [2.75, 3.05) is 0 Å². The number of unbranched alkanes of at least 4 members (excludes halogenated alkanes) is 48. The minimum Gasteiger partial charge on any atom is -0.508 e. The lowest BCUT2D eigenvalue weighted by atomic mass is 9.98. The summed E-state index contributed by atoms with van der Waals surface area (Å²) in [5.74, 6) is -3.14. The number of esters is 3. The fourth-order valence-electron chi connectivity index (χ4n) is 12.4. The van der Waals surface area contributed by atoms with Gasteiger partial charge in [-0.25, -0.2) is 0 Å². The van der Waals surface area contributed by atoms with E-state index < -0.39 is 34.9 Å². The lowest BCUT2D eigenvalue weighted by molar-refractivity contribution is -0.135. The van der Waals surface area contributed by atoms with Crippen LogP contribution >= 0.6 is 0 Å². The summed E-state index contributed by atoms with van der Waals surface area (Å²) in [6.45, 7) is 9.00. The number of ether oxygens (including phenoxy) is 3. The van der Waals surface area contributed by atoms with E-state index in [0.717, 1.165) is 89.9 Å². The van der Waals surface area contributed by atoms with Crippen LogP contribution < -0.4 is 19.6 Å². The second-order valence-electron chi connectivity index (χ2n) is 26.4. The number of phenolic OH excluding ortho intramolecular Hbond substituents is 1. The number of ketones is 1. The van der Waals surface area contributed by atoms with Crippen LogP contribution in [0.5, 0.6) is 23.0 Å². The minimum absolute atomic E-state index is 0.0140. The normalized spacial score (nSPS) is 11.5. The van der Waals surface area contributed by atoms with Crippen LogP contribution in [-0.4, -0.2) is 28.8 Å². The van der Waals surface area contributed by atoms with Crippen LogP contribution in [0, 0.1) is 0 Å². The monoisotopic (exact) mass is 1240 g/mol. The number of Topliss-reactive ketones (excluding diaryl/α,β-unsaturated/α-hetero) is 1. The molecule has 0 fully saturated rings. The Morgan fingerprint density at radius 1 is 0.348 bits per heavy atom. The van der Waals surface area contributed by atoms with Crippen LogP contribution in [-0.2, 0) is 14.4 Å². The van der Waals surface area contributed by atoms with Gasteiger partial charge in [0.05, 0.1) is 0 Å². The summed E-state index contributed by atoms with van der Waals surface area (Å²) in [4.78, 5) is 72.3. The zero-order valence-electron chi connectivity index (χ0n) is 57.6. The molecule has 0 aliphatic heterocycles. The molecule has 0 aliphatic rings. The van der Waals surface area contributed by atoms with Gasteiger partial charge < -0.3 is 23.7 Å². The van der Waals surface area contributed by atoms with E-state index in [0.29, 0.717) is 31.2 Å². The molecule has 0 unspecified atom stereocenters. The fourth-order valence-corrected chi connectivity index (χ4v) is 12.4. The Morgan fingerprint density at radius 2 is 0.618 bits per heavy atom. The third kappa shape index (κ3) is 37.6. The molecule has 1 aromatic heterocycles. The van der Waals surface area contributed by atoms with Crippen molar-refractivity contribution in [2.24, 2.45) is 0 Å². The van der Waals surface area contributed by atoms with Crippen LogP contribution in [0.4, 0.5) is 0 Å². The van der Waals surface area contributed by atoms with Crippen LogP contribution in [0.15, 0.2) is 39.5 Å². The lowest BCUT2D eigenvalue weighted by Gasteiger charge is -2.18. The molecule has 3 rings (SSSR count). The molecule has 0 saturated heterocycles. The standard InChI is InChI=1S/C79H130O10/c1-5-9-13-17-21-25-29-33-37-41-45-49-53-57-68(81)74-69(86-71(82)58-54-50-46-42-38-34-30-26-22-18-14-10-6-2)65-70-75(78(74)88-72(83)59-55-51-47-43-39-35-31-27-23-19-15-11-7-3)76(85)79(77(87-70)66-61-63-67(80)64-62-66)89-73(84)60-56-52-48-44-40-36-32-28-24-20-16-12-8-4/h61-65,80H,5-60H2,1-4H3. The van der Waals surface area contributed by atoms with Gasteiger partial charge in [0, 0.05) is 37.3 Å². The van der Waals surface area contributed by atoms with Crippen molar-refractivity contribution < 1.29 is 42.9 Å². The van der Waals surface area contributed by atoms with Gasteiger partial charge in [0.25, 0.3) is 0 Å². The first kappa shape index (κ1) is 78.8. The van der Waals surface area contributed by atoms with Crippen molar-refractivity contribution in [3.8, 4) is 34.3 Å². The zero-order chi connectivity index (χ0) is 64.0. The maximum atomic E-state index is 15.3. The number of fused-ring (bicyclic) bond motifs is 1. The van der Waals surface area contributed by atoms with E-state index in [4.69, 9.17) is 18.6 Å². The number of hydrogen-bond donors (Lipinski definition) is 1. The topological polar surface area (TPSA) is 146 Å². The second-order valence-corrected chi connectivity index (χ2v) is 26.4. The number of carbonyl (C=O) groups is 4. The Hall–Kier alpha value is -4.47. The quantitative estimate of drug-likeness (QED) is 0.0251. The predicted molar refractivity (Wildman–Crippen MR) is 372 cm³/mol. The molecule has 3 aromatic rings. The second kappa shape index (κ2) is 54.1. The Morgan fingerprint density at radius 3 is 0.933 bits per heavy atom. The number of rotatable bonds is 61. The average molecular weight is 1240 g/mol. The molecule has 0 atom stereocenters. The molecule has 0 spiro atoms. The maximum absolute atomic E-state index is 15.3. The third-order valence-electron chi connectivity index (χ3n) is 18.1. The van der Waals surface area contributed by atoms with Gasteiger partial charge in [0.1, 0.15) is 28.0 Å². The Balaban J connectivity index is 1.92. The molecule has 89 heavy (non-hydrogen) atoms. The zero-order valence-corrected chi connectivity index (χ0v) is 57.6. The third-order valence-corrected chi connectivity index (χ3v) is 18.1. The molecule has 10 heteroatoms. The molecule has 0 saturated carbocycles. The molecule has 0 amide bonds. The molecule has 1 N–H and O–H groups in total. The van der Waals surface area contributed by atoms with E-state index in [-0.39, 0.29) is 65.2 Å². The van der Waals surface area contributed by atoms with E-state index >= 15 is 4.79 Å². The van der Waals surface area contributed by atoms with Crippen molar-refractivity contribution in [1.29, 1.82) is 0 Å². The van der Waals surface area contributed by atoms with Crippen molar-refractivity contribution in [1.82, 2.24) is 0 Å². The fraction of sp³-hybridized carbons (Fsp3) is 0.759. The molecule has 506 valence electrons. The van der Waals surface area contributed by atoms with Crippen molar-refractivity contribution in [2.45, 2.75) is 387 Å². The number of aromatic hydroxyl groups is 1. The Kier molecular flexibility index (Phi) is 47.9. The van der Waals surface area contributed by atoms with Crippen molar-refractivity contribution in [3.05, 3.63) is 46.1 Å². The summed E-state index contributed by atoms with van der Waals surface area (Å²) in [5.41, 5.74) is -0.700. The molecule has 0 aliphatic carbocycles.